The number of aromatic amines is 1. The molecular formula is C21H20ClF4N7O4. The van der Waals surface area contributed by atoms with Crippen LogP contribution in [0.2, 0.25) is 5.15 Å². The first kappa shape index (κ1) is 24.2. The molecule has 16 heteroatoms. The Labute approximate surface area is 210 Å². The van der Waals surface area contributed by atoms with Crippen molar-refractivity contribution in [2.75, 3.05) is 11.9 Å². The van der Waals surface area contributed by atoms with Gasteiger partial charge >= 0.3 is 12.5 Å². The molecule has 3 atom stereocenters. The van der Waals surface area contributed by atoms with Gasteiger partial charge in [0.05, 0.1) is 24.2 Å². The molecule has 0 aromatic carbocycles. The lowest BCUT2D eigenvalue weighted by molar-refractivity contribution is -0.330. The van der Waals surface area contributed by atoms with Crippen LogP contribution in [0.4, 0.5) is 34.0 Å². The van der Waals surface area contributed by atoms with E-state index in [1.54, 1.807) is 0 Å². The minimum Gasteiger partial charge on any atom is -0.441 e. The van der Waals surface area contributed by atoms with Crippen molar-refractivity contribution in [2.24, 2.45) is 5.92 Å². The molecule has 3 N–H and O–H groups in total. The molecule has 0 spiro atoms. The largest absolute Gasteiger partial charge is 0.522 e. The van der Waals surface area contributed by atoms with Crippen molar-refractivity contribution in [1.82, 2.24) is 30.1 Å². The van der Waals surface area contributed by atoms with Crippen molar-refractivity contribution in [1.29, 1.82) is 0 Å². The minimum atomic E-state index is -4.81. The standard InChI is InChI=1S/C21H20ClF4N7O4/c22-14-6-33-12(1-10(32-33)7-36-21(24,25)26)18(27-14)28-15-2-11(30-31-15)17-16(23)13(8-35-17)37-19(34)29-20-3-9(4-20)5-20/h1-2,6,9,13,16-17H,3-5,7-8H2,(H,29,34)(H2,27,28,30,31)/t9?,13-,16+,17-,20?/m0/s1. The lowest BCUT2D eigenvalue weighted by Gasteiger charge is -2.61. The molecule has 3 aromatic heterocycles. The van der Waals surface area contributed by atoms with Crippen molar-refractivity contribution >= 4 is 34.8 Å². The Morgan fingerprint density at radius 3 is 2.81 bits per heavy atom. The zero-order valence-corrected chi connectivity index (χ0v) is 19.6. The zero-order valence-electron chi connectivity index (χ0n) is 18.9. The van der Waals surface area contributed by atoms with Gasteiger partial charge in [0.25, 0.3) is 0 Å². The van der Waals surface area contributed by atoms with Gasteiger partial charge in [-0.3, -0.25) is 9.84 Å². The number of ether oxygens (including phenoxy) is 3. The maximum absolute atomic E-state index is 15.1. The van der Waals surface area contributed by atoms with Gasteiger partial charge in [0.15, 0.2) is 23.9 Å². The highest BCUT2D eigenvalue weighted by molar-refractivity contribution is 6.29. The fourth-order valence-electron chi connectivity index (χ4n) is 4.95. The van der Waals surface area contributed by atoms with E-state index in [1.165, 1.54) is 22.8 Å². The van der Waals surface area contributed by atoms with Crippen LogP contribution in [0.3, 0.4) is 0 Å². The van der Waals surface area contributed by atoms with Crippen LogP contribution in [0.5, 0.6) is 0 Å². The summed E-state index contributed by atoms with van der Waals surface area (Å²) in [5, 5.41) is 16.5. The third-order valence-corrected chi connectivity index (χ3v) is 6.94. The number of aromatic nitrogens is 5. The van der Waals surface area contributed by atoms with E-state index in [2.05, 4.69) is 35.7 Å². The van der Waals surface area contributed by atoms with E-state index in [9.17, 15) is 18.0 Å². The molecule has 1 amide bonds. The minimum absolute atomic E-state index is 0.00380. The molecule has 37 heavy (non-hydrogen) atoms. The van der Waals surface area contributed by atoms with Gasteiger partial charge in [-0.2, -0.15) is 10.2 Å². The highest BCUT2D eigenvalue weighted by Crippen LogP contribution is 2.57. The van der Waals surface area contributed by atoms with Gasteiger partial charge in [-0.05, 0) is 31.2 Å². The number of rotatable bonds is 7. The third kappa shape index (κ3) is 4.78. The Hall–Kier alpha value is -3.17. The number of alkyl carbamates (subject to hydrolysis) is 1. The number of anilines is 2. The number of fused-ring (bicyclic) bond motifs is 1. The van der Waals surface area contributed by atoms with Crippen LogP contribution in [-0.2, 0) is 20.8 Å². The topological polar surface area (TPSA) is 128 Å². The second kappa shape index (κ2) is 8.70. The van der Waals surface area contributed by atoms with Crippen molar-refractivity contribution in [3.63, 3.8) is 0 Å². The first-order chi connectivity index (χ1) is 17.6. The first-order valence-corrected chi connectivity index (χ1v) is 11.8. The van der Waals surface area contributed by atoms with E-state index in [0.717, 1.165) is 19.3 Å². The quantitative estimate of drug-likeness (QED) is 0.381. The molecule has 3 aromatic rings. The van der Waals surface area contributed by atoms with Crippen molar-refractivity contribution in [2.45, 2.75) is 56.2 Å². The van der Waals surface area contributed by atoms with Gasteiger partial charge in [0.1, 0.15) is 23.4 Å². The van der Waals surface area contributed by atoms with Gasteiger partial charge < -0.3 is 20.1 Å². The summed E-state index contributed by atoms with van der Waals surface area (Å²) in [4.78, 5) is 16.3. The van der Waals surface area contributed by atoms with Crippen molar-refractivity contribution < 1.29 is 36.6 Å². The number of nitrogens with one attached hydrogen (secondary N) is 3. The monoisotopic (exact) mass is 545 g/mol. The molecule has 1 saturated heterocycles. The number of halogens is 5. The molecule has 3 saturated carbocycles. The number of nitrogens with zero attached hydrogens (tertiary/aromatic N) is 4. The van der Waals surface area contributed by atoms with Crippen LogP contribution in [0.15, 0.2) is 18.3 Å². The van der Waals surface area contributed by atoms with E-state index in [1.807, 2.05) is 0 Å². The summed E-state index contributed by atoms with van der Waals surface area (Å²) in [7, 11) is 0. The smallest absolute Gasteiger partial charge is 0.441 e. The van der Waals surface area contributed by atoms with Crippen molar-refractivity contribution in [3.05, 3.63) is 34.9 Å². The summed E-state index contributed by atoms with van der Waals surface area (Å²) >= 11 is 6.02. The number of H-pyrrole nitrogens is 1. The Morgan fingerprint density at radius 1 is 1.32 bits per heavy atom. The van der Waals surface area contributed by atoms with Crippen LogP contribution in [0.25, 0.3) is 5.52 Å². The number of amides is 1. The number of carbonyl (C=O) groups excluding carboxylic acids is 1. The second-order valence-electron chi connectivity index (χ2n) is 9.47. The molecule has 11 nitrogen and oxygen atoms in total. The fourth-order valence-corrected chi connectivity index (χ4v) is 5.13. The van der Waals surface area contributed by atoms with Crippen molar-refractivity contribution in [3.8, 4) is 0 Å². The molecule has 0 unspecified atom stereocenters. The summed E-state index contributed by atoms with van der Waals surface area (Å²) in [6.45, 7) is -0.916. The van der Waals surface area contributed by atoms with Gasteiger partial charge in [-0.25, -0.2) is 18.7 Å². The molecular weight excluding hydrogens is 526 g/mol. The number of alkyl halides is 4. The van der Waals surface area contributed by atoms with Crippen LogP contribution in [-0.4, -0.2) is 61.7 Å². The highest BCUT2D eigenvalue weighted by atomic mass is 35.5. The van der Waals surface area contributed by atoms with Crippen LogP contribution < -0.4 is 10.6 Å². The first-order valence-electron chi connectivity index (χ1n) is 11.4. The molecule has 4 aliphatic rings. The van der Waals surface area contributed by atoms with E-state index >= 15 is 4.39 Å². The molecule has 2 bridgehead atoms. The number of hydrogen-bond donors (Lipinski definition) is 3. The fraction of sp³-hybridized carbons (Fsp3) is 0.524. The SMILES string of the molecule is O=C(NC12CC(C1)C2)O[C@H]1CO[C@@H](c2cc(Nc3nc(Cl)cn4nc(COC(F)(F)F)cc34)n[nH]2)[C@@H]1F. The Morgan fingerprint density at radius 2 is 2.11 bits per heavy atom. The number of carbonyl (C=O) groups is 1. The van der Waals surface area contributed by atoms with Crippen LogP contribution in [0.1, 0.15) is 36.8 Å². The predicted octanol–water partition coefficient (Wildman–Crippen LogP) is 3.94. The van der Waals surface area contributed by atoms with Crippen LogP contribution >= 0.6 is 11.6 Å². The second-order valence-corrected chi connectivity index (χ2v) is 9.86. The predicted molar refractivity (Wildman–Crippen MR) is 118 cm³/mol. The van der Waals surface area contributed by atoms with E-state index < -0.39 is 37.4 Å². The molecule has 0 radical (unpaired) electrons. The molecule has 198 valence electrons. The maximum atomic E-state index is 15.1. The molecule has 3 aliphatic carbocycles. The average Bonchev–Trinajstić information content (AvgIpc) is 3.47. The Balaban J connectivity index is 1.11. The summed E-state index contributed by atoms with van der Waals surface area (Å²) < 4.78 is 68.0. The van der Waals surface area contributed by atoms with Gasteiger partial charge in [0.2, 0.25) is 0 Å². The normalized spacial score (nSPS) is 28.6. The summed E-state index contributed by atoms with van der Waals surface area (Å²) in [6, 6.07) is 2.83. The molecule has 1 aliphatic heterocycles. The summed E-state index contributed by atoms with van der Waals surface area (Å²) in [6.07, 6.45) is -5.09. The van der Waals surface area contributed by atoms with E-state index in [0.29, 0.717) is 11.4 Å². The third-order valence-electron chi connectivity index (χ3n) is 6.76. The zero-order chi connectivity index (χ0) is 25.9. The Kier molecular flexibility index (Phi) is 5.69. The average molecular weight is 546 g/mol. The summed E-state index contributed by atoms with van der Waals surface area (Å²) in [5.74, 6) is 1.03. The Bertz CT molecular complexity index is 1330. The molecule has 7 rings (SSSR count). The van der Waals surface area contributed by atoms with Gasteiger partial charge in [-0.15, -0.1) is 13.2 Å². The lowest BCUT2D eigenvalue weighted by Crippen LogP contribution is -2.68. The molecule has 4 fully saturated rings. The molecule has 4 heterocycles. The highest BCUT2D eigenvalue weighted by Gasteiger charge is 2.58. The number of hydrogen-bond acceptors (Lipinski definition) is 8. The van der Waals surface area contributed by atoms with Crippen LogP contribution in [0, 0.1) is 5.92 Å². The lowest BCUT2D eigenvalue weighted by atomic mass is 9.50. The van der Waals surface area contributed by atoms with E-state index in [-0.39, 0.29) is 40.3 Å². The maximum Gasteiger partial charge on any atom is 0.522 e. The van der Waals surface area contributed by atoms with Gasteiger partial charge in [0, 0.05) is 11.6 Å². The van der Waals surface area contributed by atoms with Gasteiger partial charge in [-0.1, -0.05) is 11.6 Å². The van der Waals surface area contributed by atoms with E-state index in [4.69, 9.17) is 21.1 Å². The summed E-state index contributed by atoms with van der Waals surface area (Å²) in [5.41, 5.74) is 0.402.